The summed E-state index contributed by atoms with van der Waals surface area (Å²) in [6.45, 7) is 0.912. The molecule has 0 radical (unpaired) electrons. The number of aliphatic carboxylic acids is 1. The molecule has 0 saturated heterocycles. The minimum atomic E-state index is -1.23. The summed E-state index contributed by atoms with van der Waals surface area (Å²) in [6.07, 6.45) is -1.23. The van der Waals surface area contributed by atoms with Gasteiger partial charge in [0.15, 0.2) is 0 Å². The second kappa shape index (κ2) is 8.41. The lowest BCUT2D eigenvalue weighted by Gasteiger charge is -1.98. The van der Waals surface area contributed by atoms with Gasteiger partial charge in [-0.2, -0.15) is 0 Å². The smallest absolute Gasteiger partial charge is 0.332 e. The highest BCUT2D eigenvalue weighted by Crippen LogP contribution is 1.73. The molecule has 0 heterocycles. The summed E-state index contributed by atoms with van der Waals surface area (Å²) in [6, 6.07) is -0.454. The fourth-order valence-corrected chi connectivity index (χ4v) is 0.0577. The molecule has 6 nitrogen and oxygen atoms in total. The molecule has 0 spiro atoms. The Hall–Kier alpha value is -0.690. The molecule has 74 valence electrons. The Bertz CT molecular complexity index is 113. The quantitative estimate of drug-likeness (QED) is 0.335. The van der Waals surface area contributed by atoms with Gasteiger partial charge in [-0.05, 0) is 6.92 Å². The molecule has 6 N–H and O–H groups in total. The normalized spacial score (nSPS) is 11.8. The lowest BCUT2D eigenvalue weighted by atomic mass is 10.4. The molecule has 0 aliphatic carbocycles. The minimum Gasteiger partial charge on any atom is -0.479 e. The van der Waals surface area contributed by atoms with Crippen molar-refractivity contribution in [2.24, 2.45) is 5.73 Å². The average Bonchev–Trinajstić information content (AvgIpc) is 2.04. The van der Waals surface area contributed by atoms with Gasteiger partial charge in [0.1, 0.15) is 6.10 Å². The van der Waals surface area contributed by atoms with E-state index in [2.05, 4.69) is 0 Å². The van der Waals surface area contributed by atoms with Crippen molar-refractivity contribution in [3.8, 4) is 0 Å². The third kappa shape index (κ3) is 12.0. The molecule has 0 fully saturated rings. The highest BCUT2D eigenvalue weighted by molar-refractivity contribution is 5.71. The lowest BCUT2D eigenvalue weighted by Crippen LogP contribution is -2.27. The molecule has 6 heteroatoms. The number of rotatable bonds is 3. The van der Waals surface area contributed by atoms with Crippen molar-refractivity contribution in [1.29, 1.82) is 0 Å². The van der Waals surface area contributed by atoms with Crippen LogP contribution in [0.3, 0.4) is 0 Å². The van der Waals surface area contributed by atoms with Crippen molar-refractivity contribution in [2.75, 3.05) is 13.2 Å². The molecule has 0 aromatic carbocycles. The molecular weight excluding hydrogens is 166 g/mol. The van der Waals surface area contributed by atoms with Crippen LogP contribution in [0.2, 0.25) is 0 Å². The van der Waals surface area contributed by atoms with Crippen molar-refractivity contribution in [3.05, 3.63) is 0 Å². The molecule has 12 heavy (non-hydrogen) atoms. The summed E-state index contributed by atoms with van der Waals surface area (Å²) in [7, 11) is 0. The largest absolute Gasteiger partial charge is 0.479 e. The van der Waals surface area contributed by atoms with E-state index in [1.807, 2.05) is 0 Å². The Kier molecular flexibility index (Phi) is 9.72. The molecule has 0 amide bonds. The molecule has 0 rings (SSSR count). The van der Waals surface area contributed by atoms with Gasteiger partial charge in [0.05, 0.1) is 19.3 Å². The summed E-state index contributed by atoms with van der Waals surface area (Å²) in [4.78, 5) is 9.45. The van der Waals surface area contributed by atoms with E-state index < -0.39 is 18.1 Å². The van der Waals surface area contributed by atoms with Gasteiger partial charge in [0.25, 0.3) is 0 Å². The van der Waals surface area contributed by atoms with E-state index in [-0.39, 0.29) is 13.2 Å². The Morgan fingerprint density at radius 1 is 1.42 bits per heavy atom. The summed E-state index contributed by atoms with van der Waals surface area (Å²) in [5.41, 5.74) is 4.97. The molecule has 0 saturated carbocycles. The number of carboxylic acid groups (broad SMARTS) is 1. The van der Waals surface area contributed by atoms with Crippen LogP contribution in [0.25, 0.3) is 0 Å². The number of aliphatic hydroxyl groups is 3. The Labute approximate surface area is 70.2 Å². The SMILES string of the molecule is CC(O)C(=O)O.NC(CO)CO. The Morgan fingerprint density at radius 3 is 1.67 bits per heavy atom. The minimum absolute atomic E-state index is 0.142. The van der Waals surface area contributed by atoms with Gasteiger partial charge < -0.3 is 26.2 Å². The van der Waals surface area contributed by atoms with Gasteiger partial charge in [-0.25, -0.2) is 4.79 Å². The molecule has 0 aromatic heterocycles. The second-order valence-corrected chi connectivity index (χ2v) is 2.14. The molecular formula is C6H15NO5. The standard InChI is InChI=1S/C3H9NO2.C3H6O3/c4-3(1-5)2-6;1-2(4)3(5)6/h3,5-6H,1-2,4H2;2,4H,1H3,(H,5,6). The highest BCUT2D eigenvalue weighted by Gasteiger charge is 2.01. The maximum atomic E-state index is 9.45. The van der Waals surface area contributed by atoms with Crippen LogP contribution in [0, 0.1) is 0 Å². The van der Waals surface area contributed by atoms with Crippen LogP contribution in [-0.4, -0.2) is 51.8 Å². The zero-order chi connectivity index (χ0) is 10.1. The zero-order valence-electron chi connectivity index (χ0n) is 6.84. The van der Waals surface area contributed by atoms with Crippen molar-refractivity contribution in [3.63, 3.8) is 0 Å². The molecule has 0 bridgehead atoms. The van der Waals surface area contributed by atoms with Crippen LogP contribution in [0.15, 0.2) is 0 Å². The second-order valence-electron chi connectivity index (χ2n) is 2.14. The van der Waals surface area contributed by atoms with Crippen molar-refractivity contribution in [1.82, 2.24) is 0 Å². The van der Waals surface area contributed by atoms with Gasteiger partial charge in [-0.3, -0.25) is 0 Å². The number of carboxylic acids is 1. The van der Waals surface area contributed by atoms with Crippen molar-refractivity contribution < 1.29 is 25.2 Å². The predicted octanol–water partition coefficient (Wildman–Crippen LogP) is -2.25. The van der Waals surface area contributed by atoms with Gasteiger partial charge in [-0.1, -0.05) is 0 Å². The first-order chi connectivity index (χ1) is 5.45. The summed E-state index contributed by atoms with van der Waals surface area (Å²) in [5, 5.41) is 31.9. The van der Waals surface area contributed by atoms with Crippen LogP contribution in [0.5, 0.6) is 0 Å². The van der Waals surface area contributed by atoms with Crippen LogP contribution < -0.4 is 5.73 Å². The van der Waals surface area contributed by atoms with Crippen molar-refractivity contribution >= 4 is 5.97 Å². The maximum absolute atomic E-state index is 9.45. The fraction of sp³-hybridized carbons (Fsp3) is 0.833. The number of nitrogens with two attached hydrogens (primary N) is 1. The van der Waals surface area contributed by atoms with E-state index in [1.54, 1.807) is 0 Å². The predicted molar refractivity (Wildman–Crippen MR) is 41.5 cm³/mol. The van der Waals surface area contributed by atoms with E-state index in [9.17, 15) is 4.79 Å². The van der Waals surface area contributed by atoms with E-state index >= 15 is 0 Å². The maximum Gasteiger partial charge on any atom is 0.332 e. The number of carbonyl (C=O) groups is 1. The van der Waals surface area contributed by atoms with Gasteiger partial charge in [0, 0.05) is 0 Å². The topological polar surface area (TPSA) is 124 Å². The number of hydrogen-bond donors (Lipinski definition) is 5. The van der Waals surface area contributed by atoms with E-state index in [4.69, 9.17) is 26.2 Å². The first kappa shape index (κ1) is 13.9. The summed E-state index contributed by atoms with van der Waals surface area (Å²) >= 11 is 0. The number of aliphatic hydroxyl groups excluding tert-OH is 3. The summed E-state index contributed by atoms with van der Waals surface area (Å²) in [5.74, 6) is -1.19. The van der Waals surface area contributed by atoms with Gasteiger partial charge in [-0.15, -0.1) is 0 Å². The molecule has 1 unspecified atom stereocenters. The van der Waals surface area contributed by atoms with Gasteiger partial charge in [0.2, 0.25) is 0 Å². The number of hydrogen-bond acceptors (Lipinski definition) is 5. The lowest BCUT2D eigenvalue weighted by molar-refractivity contribution is -0.145. The zero-order valence-corrected chi connectivity index (χ0v) is 6.84. The molecule has 0 aliphatic heterocycles. The van der Waals surface area contributed by atoms with Gasteiger partial charge >= 0.3 is 5.97 Å². The molecule has 1 atom stereocenters. The first-order valence-electron chi connectivity index (χ1n) is 3.33. The van der Waals surface area contributed by atoms with Crippen LogP contribution >= 0.6 is 0 Å². The Morgan fingerprint density at radius 2 is 1.67 bits per heavy atom. The van der Waals surface area contributed by atoms with E-state index in [1.165, 1.54) is 6.92 Å². The third-order valence-corrected chi connectivity index (χ3v) is 0.826. The van der Waals surface area contributed by atoms with Crippen LogP contribution in [0.4, 0.5) is 0 Å². The average molecular weight is 181 g/mol. The first-order valence-corrected chi connectivity index (χ1v) is 3.33. The Balaban J connectivity index is 0. The highest BCUT2D eigenvalue weighted by atomic mass is 16.4. The molecule has 0 aromatic rings. The monoisotopic (exact) mass is 181 g/mol. The molecule has 0 aliphatic rings. The summed E-state index contributed by atoms with van der Waals surface area (Å²) < 4.78 is 0. The van der Waals surface area contributed by atoms with E-state index in [0.29, 0.717) is 0 Å². The van der Waals surface area contributed by atoms with Crippen molar-refractivity contribution in [2.45, 2.75) is 19.1 Å². The van der Waals surface area contributed by atoms with E-state index in [0.717, 1.165) is 0 Å². The third-order valence-electron chi connectivity index (χ3n) is 0.826. The van der Waals surface area contributed by atoms with Crippen LogP contribution in [0.1, 0.15) is 6.92 Å². The fourth-order valence-electron chi connectivity index (χ4n) is 0.0577. The van der Waals surface area contributed by atoms with Crippen LogP contribution in [-0.2, 0) is 4.79 Å².